The molecule has 1 aliphatic rings. The molecule has 1 aromatic heterocycles. The molecule has 0 fully saturated rings. The van der Waals surface area contributed by atoms with Crippen molar-refractivity contribution in [2.45, 2.75) is 45.8 Å². The van der Waals surface area contributed by atoms with Crippen LogP contribution in [0.2, 0.25) is 0 Å². The zero-order valence-corrected chi connectivity index (χ0v) is 17.6. The molecule has 0 saturated carbocycles. The zero-order valence-electron chi connectivity index (χ0n) is 16.0. The molecule has 0 aliphatic carbocycles. The molecule has 0 saturated heterocycles. The largest absolute Gasteiger partial charge is 0.477 e. The summed E-state index contributed by atoms with van der Waals surface area (Å²) in [6.45, 7) is 8.34. The van der Waals surface area contributed by atoms with Crippen LogP contribution in [0.15, 0.2) is 11.1 Å². The van der Waals surface area contributed by atoms with Gasteiger partial charge >= 0.3 is 12.1 Å². The number of hydrogen-bond donors (Lipinski definition) is 2. The molecule has 1 aromatic rings. The highest BCUT2D eigenvalue weighted by Gasteiger charge is 2.43. The number of carbonyl (C=O) groups excluding carboxylic acids is 1. The minimum Gasteiger partial charge on any atom is -0.477 e. The van der Waals surface area contributed by atoms with E-state index in [2.05, 4.69) is 10.3 Å². The lowest BCUT2D eigenvalue weighted by Gasteiger charge is -2.35. The molecule has 11 heteroatoms. The van der Waals surface area contributed by atoms with Crippen molar-refractivity contribution in [1.29, 1.82) is 0 Å². The number of nitrogens with one attached hydrogen (secondary N) is 1. The van der Waals surface area contributed by atoms with Gasteiger partial charge in [0.1, 0.15) is 16.0 Å². The average molecular weight is 418 g/mol. The number of nitrogens with zero attached hydrogens (tertiary/aromatic N) is 2. The fraction of sp³-hybridized carbons (Fsp3) is 0.562. The number of aliphatic imine (C=N–C) groups is 1. The Morgan fingerprint density at radius 2 is 2.00 bits per heavy atom. The third kappa shape index (κ3) is 4.59. The summed E-state index contributed by atoms with van der Waals surface area (Å²) in [6, 6.07) is 1.48. The van der Waals surface area contributed by atoms with Crippen LogP contribution in [0.4, 0.5) is 4.79 Å². The highest BCUT2D eigenvalue weighted by molar-refractivity contribution is 7.89. The molecular formula is C16H23N3O6S2. The number of thiophene rings is 1. The Bertz CT molecular complexity index is 913. The van der Waals surface area contributed by atoms with Gasteiger partial charge in [-0.3, -0.25) is 5.32 Å². The van der Waals surface area contributed by atoms with E-state index in [0.717, 1.165) is 15.6 Å². The molecule has 0 radical (unpaired) electrons. The van der Waals surface area contributed by atoms with Crippen molar-refractivity contribution in [3.05, 3.63) is 21.4 Å². The molecule has 1 atom stereocenters. The van der Waals surface area contributed by atoms with E-state index in [1.165, 1.54) is 13.1 Å². The van der Waals surface area contributed by atoms with E-state index in [-0.39, 0.29) is 16.6 Å². The normalized spacial score (nSPS) is 22.1. The van der Waals surface area contributed by atoms with Crippen molar-refractivity contribution >= 4 is 39.4 Å². The number of carboxylic acids is 1. The second kappa shape index (κ2) is 6.79. The van der Waals surface area contributed by atoms with Crippen LogP contribution < -0.4 is 5.32 Å². The molecule has 2 rings (SSSR count). The van der Waals surface area contributed by atoms with Gasteiger partial charge in [-0.25, -0.2) is 27.3 Å². The summed E-state index contributed by atoms with van der Waals surface area (Å²) in [6.07, 6.45) is -0.832. The van der Waals surface area contributed by atoms with E-state index in [9.17, 15) is 23.1 Å². The maximum atomic E-state index is 12.6. The summed E-state index contributed by atoms with van der Waals surface area (Å²) < 4.78 is 31.3. The lowest BCUT2D eigenvalue weighted by molar-refractivity contribution is 0.0558. The summed E-state index contributed by atoms with van der Waals surface area (Å²) in [5.74, 6) is -1.62. The second-order valence-corrected chi connectivity index (χ2v) is 10.5. The number of rotatable bonds is 2. The first-order valence-electron chi connectivity index (χ1n) is 8.05. The van der Waals surface area contributed by atoms with Gasteiger partial charge < -0.3 is 9.84 Å². The number of carbonyl (C=O) groups is 2. The number of aromatic carboxylic acids is 1. The Balaban J connectivity index is 2.48. The van der Waals surface area contributed by atoms with E-state index in [1.54, 1.807) is 34.6 Å². The smallest absolute Gasteiger partial charge is 0.414 e. The van der Waals surface area contributed by atoms with Crippen LogP contribution in [0.5, 0.6) is 0 Å². The average Bonchev–Trinajstić information content (AvgIpc) is 2.85. The van der Waals surface area contributed by atoms with Crippen molar-refractivity contribution in [2.75, 3.05) is 12.8 Å². The SMILES string of the molecule is Cc1cc(C(=O)O)sc1[C@]1(C)CS(=O)(=O)N(C)C(NC(=O)OC(C)(C)C)=N1. The number of aryl methyl sites for hydroxylation is 1. The van der Waals surface area contributed by atoms with Crippen molar-refractivity contribution < 1.29 is 27.9 Å². The summed E-state index contributed by atoms with van der Waals surface area (Å²) in [4.78, 5) is 28.4. The van der Waals surface area contributed by atoms with Crippen LogP contribution in [0.1, 0.15) is 47.8 Å². The van der Waals surface area contributed by atoms with E-state index < -0.39 is 33.2 Å². The van der Waals surface area contributed by atoms with E-state index in [4.69, 9.17) is 4.74 Å². The van der Waals surface area contributed by atoms with Crippen LogP contribution >= 0.6 is 11.3 Å². The third-order valence-electron chi connectivity index (χ3n) is 3.76. The van der Waals surface area contributed by atoms with Gasteiger partial charge in [0.25, 0.3) is 0 Å². The van der Waals surface area contributed by atoms with Gasteiger partial charge in [0, 0.05) is 11.9 Å². The van der Waals surface area contributed by atoms with E-state index in [0.29, 0.717) is 10.4 Å². The Morgan fingerprint density at radius 1 is 1.41 bits per heavy atom. The molecule has 1 aliphatic heterocycles. The number of guanidine groups is 1. The molecule has 150 valence electrons. The topological polar surface area (TPSA) is 125 Å². The highest BCUT2D eigenvalue weighted by atomic mass is 32.2. The molecule has 2 heterocycles. The van der Waals surface area contributed by atoms with Crippen molar-refractivity contribution in [3.63, 3.8) is 0 Å². The molecule has 1 amide bonds. The Kier molecular flexibility index (Phi) is 5.32. The number of ether oxygens (including phenoxy) is 1. The van der Waals surface area contributed by atoms with Gasteiger partial charge in [-0.05, 0) is 46.2 Å². The van der Waals surface area contributed by atoms with Gasteiger partial charge in [-0.1, -0.05) is 0 Å². The Labute approximate surface area is 162 Å². The minimum atomic E-state index is -3.79. The molecule has 0 unspecified atom stereocenters. The van der Waals surface area contributed by atoms with Crippen molar-refractivity contribution in [3.8, 4) is 0 Å². The van der Waals surface area contributed by atoms with Crippen LogP contribution in [0.25, 0.3) is 0 Å². The van der Waals surface area contributed by atoms with Crippen molar-refractivity contribution in [2.24, 2.45) is 4.99 Å². The molecule has 27 heavy (non-hydrogen) atoms. The van der Waals surface area contributed by atoms with Gasteiger partial charge in [0.05, 0.1) is 5.75 Å². The van der Waals surface area contributed by atoms with Crippen LogP contribution in [-0.2, 0) is 20.3 Å². The fourth-order valence-electron chi connectivity index (χ4n) is 2.66. The lowest BCUT2D eigenvalue weighted by Crippen LogP contribution is -2.54. The predicted molar refractivity (Wildman–Crippen MR) is 102 cm³/mol. The summed E-state index contributed by atoms with van der Waals surface area (Å²) in [7, 11) is -2.51. The zero-order chi connectivity index (χ0) is 20.8. The molecule has 9 nitrogen and oxygen atoms in total. The first kappa shape index (κ1) is 21.2. The van der Waals surface area contributed by atoms with E-state index in [1.807, 2.05) is 0 Å². The van der Waals surface area contributed by atoms with Crippen LogP contribution in [-0.4, -0.2) is 54.3 Å². The van der Waals surface area contributed by atoms with Crippen LogP contribution in [0, 0.1) is 6.92 Å². The number of hydrogen-bond acceptors (Lipinski definition) is 7. The van der Waals surface area contributed by atoms with Crippen molar-refractivity contribution in [1.82, 2.24) is 9.62 Å². The van der Waals surface area contributed by atoms with Gasteiger partial charge in [-0.15, -0.1) is 11.3 Å². The number of alkyl carbamates (subject to hydrolysis) is 1. The number of carboxylic acid groups (broad SMARTS) is 1. The molecule has 2 N–H and O–H groups in total. The van der Waals surface area contributed by atoms with Gasteiger partial charge in [0.2, 0.25) is 16.0 Å². The molecular weight excluding hydrogens is 394 g/mol. The predicted octanol–water partition coefficient (Wildman–Crippen LogP) is 2.13. The number of amides is 1. The quantitative estimate of drug-likeness (QED) is 0.759. The number of sulfonamides is 1. The monoisotopic (exact) mass is 417 g/mol. The summed E-state index contributed by atoms with van der Waals surface area (Å²) >= 11 is 0.972. The van der Waals surface area contributed by atoms with Gasteiger partial charge in [-0.2, -0.15) is 0 Å². The Morgan fingerprint density at radius 3 is 2.48 bits per heavy atom. The van der Waals surface area contributed by atoms with Gasteiger partial charge in [0.15, 0.2) is 0 Å². The summed E-state index contributed by atoms with van der Waals surface area (Å²) in [5, 5.41) is 11.6. The Hall–Kier alpha value is -2.14. The first-order valence-corrected chi connectivity index (χ1v) is 10.5. The second-order valence-electron chi connectivity index (χ2n) is 7.49. The fourth-order valence-corrected chi connectivity index (χ4v) is 5.31. The van der Waals surface area contributed by atoms with E-state index >= 15 is 0 Å². The highest BCUT2D eigenvalue weighted by Crippen LogP contribution is 2.38. The molecule has 0 spiro atoms. The summed E-state index contributed by atoms with van der Waals surface area (Å²) in [5.41, 5.74) is -1.38. The molecule has 0 bridgehead atoms. The molecule has 0 aromatic carbocycles. The van der Waals surface area contributed by atoms with Crippen LogP contribution in [0.3, 0.4) is 0 Å². The standard InChI is InChI=1S/C16H23N3O6S2/c1-9-7-10(12(20)21)26-11(9)16(5)8-27(23,24)19(6)13(18-16)17-14(22)25-15(2,3)4/h7H,8H2,1-6H3,(H,20,21)(H,17,18,22)/t16-/m0/s1. The maximum absolute atomic E-state index is 12.6. The minimum absolute atomic E-state index is 0.0944. The third-order valence-corrected chi connectivity index (χ3v) is 7.17. The lowest BCUT2D eigenvalue weighted by atomic mass is 10.0. The maximum Gasteiger partial charge on any atom is 0.414 e. The first-order chi connectivity index (χ1) is 12.1.